The number of pyridine rings is 1. The van der Waals surface area contributed by atoms with Crippen molar-refractivity contribution >= 4 is 11.5 Å². The highest BCUT2D eigenvalue weighted by atomic mass is 15.3. The van der Waals surface area contributed by atoms with Crippen molar-refractivity contribution in [1.29, 1.82) is 0 Å². The zero-order valence-corrected chi connectivity index (χ0v) is 12.4. The summed E-state index contributed by atoms with van der Waals surface area (Å²) in [5.74, 6) is 1.04. The molecule has 3 rings (SSSR count). The summed E-state index contributed by atoms with van der Waals surface area (Å²) in [6.45, 7) is 6.00. The molecule has 0 bridgehead atoms. The number of piperazine rings is 1. The minimum atomic E-state index is 0.0147. The maximum absolute atomic E-state index is 6.06. The Bertz CT molecular complexity index is 574. The molecule has 1 atom stereocenters. The number of nitrogens with zero attached hydrogens (tertiary/aromatic N) is 3. The van der Waals surface area contributed by atoms with Crippen molar-refractivity contribution in [3.8, 4) is 0 Å². The minimum Gasteiger partial charge on any atom is -0.368 e. The van der Waals surface area contributed by atoms with Crippen LogP contribution >= 0.6 is 0 Å². The fraction of sp³-hybridized carbons (Fsp3) is 0.353. The number of hydrogen-bond acceptors (Lipinski definition) is 4. The van der Waals surface area contributed by atoms with Crippen LogP contribution in [0.5, 0.6) is 0 Å². The maximum atomic E-state index is 6.06. The Hall–Kier alpha value is -2.07. The van der Waals surface area contributed by atoms with Gasteiger partial charge >= 0.3 is 0 Å². The number of para-hydroxylation sites is 1. The lowest BCUT2D eigenvalue weighted by atomic mass is 10.1. The van der Waals surface area contributed by atoms with Crippen molar-refractivity contribution in [1.82, 2.24) is 4.98 Å². The van der Waals surface area contributed by atoms with Gasteiger partial charge in [-0.15, -0.1) is 0 Å². The van der Waals surface area contributed by atoms with E-state index >= 15 is 0 Å². The number of aromatic nitrogens is 1. The summed E-state index contributed by atoms with van der Waals surface area (Å²) in [5, 5.41) is 0. The van der Waals surface area contributed by atoms with Gasteiger partial charge in [0.15, 0.2) is 0 Å². The van der Waals surface area contributed by atoms with Crippen LogP contribution < -0.4 is 15.5 Å². The zero-order valence-electron chi connectivity index (χ0n) is 12.4. The van der Waals surface area contributed by atoms with Gasteiger partial charge in [0.25, 0.3) is 0 Å². The number of benzene rings is 1. The van der Waals surface area contributed by atoms with Gasteiger partial charge in [-0.1, -0.05) is 24.3 Å². The second-order valence-electron chi connectivity index (χ2n) is 5.51. The summed E-state index contributed by atoms with van der Waals surface area (Å²) in [5.41, 5.74) is 8.49. The van der Waals surface area contributed by atoms with Crippen molar-refractivity contribution in [2.75, 3.05) is 36.0 Å². The first-order valence-electron chi connectivity index (χ1n) is 7.51. The summed E-state index contributed by atoms with van der Waals surface area (Å²) < 4.78 is 0. The predicted octanol–water partition coefficient (Wildman–Crippen LogP) is 2.43. The van der Waals surface area contributed by atoms with Gasteiger partial charge in [-0.2, -0.15) is 0 Å². The predicted molar refractivity (Wildman–Crippen MR) is 87.7 cm³/mol. The zero-order chi connectivity index (χ0) is 14.7. The van der Waals surface area contributed by atoms with E-state index < -0.39 is 0 Å². The van der Waals surface area contributed by atoms with Gasteiger partial charge in [-0.25, -0.2) is 4.98 Å². The molecule has 1 aliphatic heterocycles. The minimum absolute atomic E-state index is 0.0147. The van der Waals surface area contributed by atoms with Gasteiger partial charge in [-0.05, 0) is 25.1 Å². The lowest BCUT2D eigenvalue weighted by Crippen LogP contribution is -2.47. The number of anilines is 2. The van der Waals surface area contributed by atoms with Crippen LogP contribution in [0.4, 0.5) is 11.5 Å². The van der Waals surface area contributed by atoms with Crippen LogP contribution in [0.25, 0.3) is 0 Å². The number of hydrogen-bond donors (Lipinski definition) is 1. The monoisotopic (exact) mass is 282 g/mol. The van der Waals surface area contributed by atoms with E-state index in [-0.39, 0.29) is 6.04 Å². The molecule has 0 amide bonds. The van der Waals surface area contributed by atoms with E-state index in [0.717, 1.165) is 37.6 Å². The highest BCUT2D eigenvalue weighted by molar-refractivity contribution is 5.52. The van der Waals surface area contributed by atoms with Crippen molar-refractivity contribution in [3.05, 3.63) is 54.2 Å². The molecule has 4 nitrogen and oxygen atoms in total. The van der Waals surface area contributed by atoms with Crippen molar-refractivity contribution in [2.24, 2.45) is 5.73 Å². The molecule has 2 aromatic rings. The molecule has 0 unspecified atom stereocenters. The summed E-state index contributed by atoms with van der Waals surface area (Å²) in [7, 11) is 0. The molecule has 0 radical (unpaired) electrons. The molecule has 1 aromatic heterocycles. The molecule has 4 heteroatoms. The van der Waals surface area contributed by atoms with Crippen molar-refractivity contribution in [3.63, 3.8) is 0 Å². The SMILES string of the molecule is C[C@@H](N)c1cccnc1N1CCN(c2ccccc2)CC1. The van der Waals surface area contributed by atoms with E-state index in [0.29, 0.717) is 0 Å². The molecule has 1 fully saturated rings. The molecule has 110 valence electrons. The average molecular weight is 282 g/mol. The van der Waals surface area contributed by atoms with Crippen LogP contribution in [0.1, 0.15) is 18.5 Å². The first kappa shape index (κ1) is 13.9. The lowest BCUT2D eigenvalue weighted by Gasteiger charge is -2.37. The van der Waals surface area contributed by atoms with Crippen LogP contribution in [-0.2, 0) is 0 Å². The van der Waals surface area contributed by atoms with E-state index in [4.69, 9.17) is 5.73 Å². The van der Waals surface area contributed by atoms with E-state index in [1.807, 2.05) is 19.2 Å². The quantitative estimate of drug-likeness (QED) is 0.939. The van der Waals surface area contributed by atoms with E-state index in [9.17, 15) is 0 Å². The number of nitrogens with two attached hydrogens (primary N) is 1. The molecule has 1 saturated heterocycles. The van der Waals surface area contributed by atoms with Crippen LogP contribution in [0.2, 0.25) is 0 Å². The molecule has 2 N–H and O–H groups in total. The third kappa shape index (κ3) is 3.00. The Morgan fingerprint density at radius 1 is 0.952 bits per heavy atom. The molecule has 0 aliphatic carbocycles. The average Bonchev–Trinajstić information content (AvgIpc) is 2.56. The van der Waals surface area contributed by atoms with Gasteiger partial charge in [0.05, 0.1) is 0 Å². The fourth-order valence-corrected chi connectivity index (χ4v) is 2.84. The van der Waals surface area contributed by atoms with E-state index in [2.05, 4.69) is 51.2 Å². The van der Waals surface area contributed by atoms with Gasteiger partial charge < -0.3 is 15.5 Å². The van der Waals surface area contributed by atoms with Crippen molar-refractivity contribution < 1.29 is 0 Å². The smallest absolute Gasteiger partial charge is 0.133 e. The third-order valence-electron chi connectivity index (χ3n) is 4.01. The Morgan fingerprint density at radius 3 is 2.29 bits per heavy atom. The van der Waals surface area contributed by atoms with E-state index in [1.54, 1.807) is 0 Å². The second kappa shape index (κ2) is 6.14. The topological polar surface area (TPSA) is 45.4 Å². The normalized spacial score (nSPS) is 16.9. The molecule has 2 heterocycles. The summed E-state index contributed by atoms with van der Waals surface area (Å²) in [6.07, 6.45) is 1.85. The Balaban J connectivity index is 1.72. The van der Waals surface area contributed by atoms with E-state index in [1.165, 1.54) is 5.69 Å². The molecular formula is C17H22N4. The summed E-state index contributed by atoms with van der Waals surface area (Å²) in [4.78, 5) is 9.32. The summed E-state index contributed by atoms with van der Waals surface area (Å²) in [6, 6.07) is 14.6. The van der Waals surface area contributed by atoms with Gasteiger partial charge in [0, 0.05) is 49.7 Å². The van der Waals surface area contributed by atoms with Gasteiger partial charge in [0.1, 0.15) is 5.82 Å². The fourth-order valence-electron chi connectivity index (χ4n) is 2.84. The molecule has 1 aromatic carbocycles. The van der Waals surface area contributed by atoms with Gasteiger partial charge in [-0.3, -0.25) is 0 Å². The van der Waals surface area contributed by atoms with Crippen LogP contribution in [0.15, 0.2) is 48.7 Å². The second-order valence-corrected chi connectivity index (χ2v) is 5.51. The molecular weight excluding hydrogens is 260 g/mol. The maximum Gasteiger partial charge on any atom is 0.133 e. The van der Waals surface area contributed by atoms with Crippen LogP contribution in [-0.4, -0.2) is 31.2 Å². The molecule has 21 heavy (non-hydrogen) atoms. The highest BCUT2D eigenvalue weighted by Gasteiger charge is 2.21. The highest BCUT2D eigenvalue weighted by Crippen LogP contribution is 2.24. The van der Waals surface area contributed by atoms with Gasteiger partial charge in [0.2, 0.25) is 0 Å². The van der Waals surface area contributed by atoms with Crippen molar-refractivity contribution in [2.45, 2.75) is 13.0 Å². The first-order chi connectivity index (χ1) is 10.3. The van der Waals surface area contributed by atoms with Crippen LogP contribution in [0, 0.1) is 0 Å². The Labute approximate surface area is 126 Å². The first-order valence-corrected chi connectivity index (χ1v) is 7.51. The number of rotatable bonds is 3. The molecule has 1 aliphatic rings. The molecule has 0 saturated carbocycles. The Morgan fingerprint density at radius 2 is 1.62 bits per heavy atom. The van der Waals surface area contributed by atoms with Crippen LogP contribution in [0.3, 0.4) is 0 Å². The third-order valence-corrected chi connectivity index (χ3v) is 4.01. The summed E-state index contributed by atoms with van der Waals surface area (Å²) >= 11 is 0. The standard InChI is InChI=1S/C17H22N4/c1-14(18)16-8-5-9-19-17(16)21-12-10-20(11-13-21)15-6-3-2-4-7-15/h2-9,14H,10-13,18H2,1H3/t14-/m1/s1. The largest absolute Gasteiger partial charge is 0.368 e. The Kier molecular flexibility index (Phi) is 4.06. The lowest BCUT2D eigenvalue weighted by molar-refractivity contribution is 0.640. The molecule has 0 spiro atoms.